The third-order valence-electron chi connectivity index (χ3n) is 2.01. The Labute approximate surface area is 94.2 Å². The molecule has 4 heteroatoms. The Morgan fingerprint density at radius 1 is 1.31 bits per heavy atom. The van der Waals surface area contributed by atoms with E-state index in [1.807, 2.05) is 0 Å². The van der Waals surface area contributed by atoms with Crippen molar-refractivity contribution in [3.8, 4) is 5.75 Å². The van der Waals surface area contributed by atoms with Crippen LogP contribution in [0.2, 0.25) is 0 Å². The van der Waals surface area contributed by atoms with Crippen molar-refractivity contribution in [1.82, 2.24) is 0 Å². The summed E-state index contributed by atoms with van der Waals surface area (Å²) >= 11 is 0. The fraction of sp³-hybridized carbons (Fsp3) is 0.333. The van der Waals surface area contributed by atoms with Crippen molar-refractivity contribution < 1.29 is 19.1 Å². The maximum absolute atomic E-state index is 11.1. The van der Waals surface area contributed by atoms with Crippen LogP contribution in [0.3, 0.4) is 0 Å². The molecule has 1 aromatic rings. The second kappa shape index (κ2) is 6.61. The van der Waals surface area contributed by atoms with Crippen LogP contribution >= 0.6 is 0 Å². The highest BCUT2D eigenvalue weighted by atomic mass is 16.5. The minimum Gasteiger partial charge on any atom is -0.494 e. The molecule has 0 saturated carbocycles. The Kier molecular flexibility index (Phi) is 5.05. The van der Waals surface area contributed by atoms with E-state index >= 15 is 0 Å². The Morgan fingerprint density at radius 2 is 2.00 bits per heavy atom. The second-order valence-corrected chi connectivity index (χ2v) is 3.17. The number of ether oxygens (including phenoxy) is 2. The van der Waals surface area contributed by atoms with Gasteiger partial charge in [-0.15, -0.1) is 0 Å². The highest BCUT2D eigenvalue weighted by Gasteiger charge is 2.04. The van der Waals surface area contributed by atoms with Gasteiger partial charge in [-0.3, -0.25) is 0 Å². The van der Waals surface area contributed by atoms with Gasteiger partial charge in [0.05, 0.1) is 19.3 Å². The first-order valence-corrected chi connectivity index (χ1v) is 5.02. The maximum Gasteiger partial charge on any atom is 0.337 e. The predicted molar refractivity (Wildman–Crippen MR) is 58.6 cm³/mol. The Bertz CT molecular complexity index is 343. The lowest BCUT2D eigenvalue weighted by Crippen LogP contribution is -2.01. The quantitative estimate of drug-likeness (QED) is 0.418. The lowest BCUT2D eigenvalue weighted by molar-refractivity contribution is -0.108. The zero-order chi connectivity index (χ0) is 11.8. The molecule has 0 saturated heterocycles. The predicted octanol–water partition coefficient (Wildman–Crippen LogP) is 1.83. The highest BCUT2D eigenvalue weighted by Crippen LogP contribution is 2.13. The molecule has 0 heterocycles. The number of hydrogen-bond donors (Lipinski definition) is 0. The summed E-state index contributed by atoms with van der Waals surface area (Å²) < 4.78 is 9.94. The standard InChI is InChI=1S/C12H14O4/c1-15-12(14)10-4-6-11(7-5-10)16-9-3-2-8-13/h4-8H,2-3,9H2,1H3. The summed E-state index contributed by atoms with van der Waals surface area (Å²) in [6.45, 7) is 0.496. The van der Waals surface area contributed by atoms with E-state index in [1.165, 1.54) is 7.11 Å². The summed E-state index contributed by atoms with van der Waals surface area (Å²) in [6.07, 6.45) is 2.06. The average Bonchev–Trinajstić information content (AvgIpc) is 2.34. The number of methoxy groups -OCH3 is 1. The van der Waals surface area contributed by atoms with Crippen molar-refractivity contribution in [2.24, 2.45) is 0 Å². The van der Waals surface area contributed by atoms with Gasteiger partial charge < -0.3 is 14.3 Å². The molecule has 0 aliphatic heterocycles. The van der Waals surface area contributed by atoms with Crippen LogP contribution < -0.4 is 4.74 Å². The van der Waals surface area contributed by atoms with Gasteiger partial charge in [-0.05, 0) is 30.7 Å². The summed E-state index contributed by atoms with van der Waals surface area (Å²) in [5.74, 6) is 0.311. The van der Waals surface area contributed by atoms with Crippen molar-refractivity contribution >= 4 is 12.3 Å². The highest BCUT2D eigenvalue weighted by molar-refractivity contribution is 5.89. The first-order chi connectivity index (χ1) is 7.77. The molecular weight excluding hydrogens is 208 g/mol. The molecule has 0 amide bonds. The number of rotatable bonds is 6. The monoisotopic (exact) mass is 222 g/mol. The number of carbonyl (C=O) groups is 2. The van der Waals surface area contributed by atoms with Gasteiger partial charge in [0.1, 0.15) is 12.0 Å². The molecular formula is C12H14O4. The van der Waals surface area contributed by atoms with E-state index in [2.05, 4.69) is 4.74 Å². The van der Waals surface area contributed by atoms with Crippen molar-refractivity contribution in [2.45, 2.75) is 12.8 Å². The SMILES string of the molecule is COC(=O)c1ccc(OCCCC=O)cc1. The molecule has 0 N–H and O–H groups in total. The van der Waals surface area contributed by atoms with Crippen LogP contribution in [0.15, 0.2) is 24.3 Å². The molecule has 1 rings (SSSR count). The van der Waals surface area contributed by atoms with Crippen molar-refractivity contribution in [1.29, 1.82) is 0 Å². The van der Waals surface area contributed by atoms with Crippen LogP contribution in [0.4, 0.5) is 0 Å². The molecule has 0 fully saturated rings. The lowest BCUT2D eigenvalue weighted by Gasteiger charge is -2.05. The molecule has 16 heavy (non-hydrogen) atoms. The van der Waals surface area contributed by atoms with Crippen molar-refractivity contribution in [2.75, 3.05) is 13.7 Å². The number of carbonyl (C=O) groups excluding carboxylic acids is 2. The van der Waals surface area contributed by atoms with Gasteiger partial charge in [0.15, 0.2) is 0 Å². The van der Waals surface area contributed by atoms with E-state index in [0.717, 1.165) is 6.29 Å². The van der Waals surface area contributed by atoms with Gasteiger partial charge in [-0.25, -0.2) is 4.79 Å². The van der Waals surface area contributed by atoms with Crippen LogP contribution in [0.5, 0.6) is 5.75 Å². The Morgan fingerprint density at radius 3 is 2.56 bits per heavy atom. The van der Waals surface area contributed by atoms with Crippen LogP contribution in [-0.2, 0) is 9.53 Å². The van der Waals surface area contributed by atoms with E-state index in [-0.39, 0.29) is 5.97 Å². The molecule has 1 aromatic carbocycles. The molecule has 86 valence electrons. The van der Waals surface area contributed by atoms with Crippen LogP contribution in [0, 0.1) is 0 Å². The molecule has 0 bridgehead atoms. The summed E-state index contributed by atoms with van der Waals surface area (Å²) in [5.41, 5.74) is 0.489. The number of esters is 1. The summed E-state index contributed by atoms with van der Waals surface area (Å²) in [6, 6.07) is 6.68. The van der Waals surface area contributed by atoms with Crippen LogP contribution in [-0.4, -0.2) is 26.0 Å². The molecule has 0 radical (unpaired) electrons. The molecule has 0 spiro atoms. The Balaban J connectivity index is 2.45. The second-order valence-electron chi connectivity index (χ2n) is 3.17. The molecule has 4 nitrogen and oxygen atoms in total. The van der Waals surface area contributed by atoms with E-state index in [0.29, 0.717) is 30.8 Å². The summed E-state index contributed by atoms with van der Waals surface area (Å²) in [7, 11) is 1.34. The van der Waals surface area contributed by atoms with Gasteiger partial charge in [0.2, 0.25) is 0 Å². The number of aldehydes is 1. The van der Waals surface area contributed by atoms with Crippen molar-refractivity contribution in [3.05, 3.63) is 29.8 Å². The third kappa shape index (κ3) is 3.73. The fourth-order valence-corrected chi connectivity index (χ4v) is 1.16. The normalized spacial score (nSPS) is 9.56. The number of unbranched alkanes of at least 4 members (excludes halogenated alkanes) is 1. The topological polar surface area (TPSA) is 52.6 Å². The van der Waals surface area contributed by atoms with Crippen LogP contribution in [0.25, 0.3) is 0 Å². The lowest BCUT2D eigenvalue weighted by atomic mass is 10.2. The van der Waals surface area contributed by atoms with E-state index in [9.17, 15) is 9.59 Å². The van der Waals surface area contributed by atoms with E-state index in [1.54, 1.807) is 24.3 Å². The first kappa shape index (κ1) is 12.2. The fourth-order valence-electron chi connectivity index (χ4n) is 1.16. The smallest absolute Gasteiger partial charge is 0.337 e. The maximum atomic E-state index is 11.1. The Hall–Kier alpha value is -1.84. The van der Waals surface area contributed by atoms with Crippen LogP contribution in [0.1, 0.15) is 23.2 Å². The zero-order valence-electron chi connectivity index (χ0n) is 9.14. The largest absolute Gasteiger partial charge is 0.494 e. The molecule has 0 atom stereocenters. The van der Waals surface area contributed by atoms with Gasteiger partial charge in [0, 0.05) is 6.42 Å². The first-order valence-electron chi connectivity index (χ1n) is 5.02. The van der Waals surface area contributed by atoms with Gasteiger partial charge >= 0.3 is 5.97 Å². The average molecular weight is 222 g/mol. The van der Waals surface area contributed by atoms with Gasteiger partial charge in [-0.2, -0.15) is 0 Å². The number of benzene rings is 1. The van der Waals surface area contributed by atoms with Gasteiger partial charge in [-0.1, -0.05) is 0 Å². The molecule has 0 aliphatic carbocycles. The molecule has 0 unspecified atom stereocenters. The van der Waals surface area contributed by atoms with Gasteiger partial charge in [0.25, 0.3) is 0 Å². The third-order valence-corrected chi connectivity index (χ3v) is 2.01. The van der Waals surface area contributed by atoms with E-state index in [4.69, 9.17) is 4.74 Å². The zero-order valence-corrected chi connectivity index (χ0v) is 9.14. The number of hydrogen-bond acceptors (Lipinski definition) is 4. The minimum absolute atomic E-state index is 0.368. The summed E-state index contributed by atoms with van der Waals surface area (Å²) in [5, 5.41) is 0. The molecule has 0 aromatic heterocycles. The molecule has 0 aliphatic rings. The van der Waals surface area contributed by atoms with E-state index < -0.39 is 0 Å². The minimum atomic E-state index is -0.368. The summed E-state index contributed by atoms with van der Waals surface area (Å²) in [4.78, 5) is 21.2. The van der Waals surface area contributed by atoms with Crippen molar-refractivity contribution in [3.63, 3.8) is 0 Å².